The van der Waals surface area contributed by atoms with Gasteiger partial charge >= 0.3 is 0 Å². The molecule has 0 aromatic carbocycles. The van der Waals surface area contributed by atoms with Crippen molar-refractivity contribution in [2.45, 2.75) is 13.8 Å². The van der Waals surface area contributed by atoms with E-state index in [0.29, 0.717) is 10.7 Å². The molecule has 1 amide bonds. The highest BCUT2D eigenvalue weighted by Gasteiger charge is 2.08. The predicted octanol–water partition coefficient (Wildman–Crippen LogP) is 2.41. The van der Waals surface area contributed by atoms with Gasteiger partial charge < -0.3 is 0 Å². The fourth-order valence-electron chi connectivity index (χ4n) is 1.27. The Morgan fingerprint density at radius 3 is 2.81 bits per heavy atom. The van der Waals surface area contributed by atoms with Crippen LogP contribution < -0.4 is 5.32 Å². The molecule has 4 nitrogen and oxygen atoms in total. The van der Waals surface area contributed by atoms with Gasteiger partial charge in [-0.2, -0.15) is 0 Å². The van der Waals surface area contributed by atoms with Crippen molar-refractivity contribution in [2.75, 3.05) is 5.32 Å². The van der Waals surface area contributed by atoms with Gasteiger partial charge in [0.25, 0.3) is 5.91 Å². The average Bonchev–Trinajstić information content (AvgIpc) is 2.64. The summed E-state index contributed by atoms with van der Waals surface area (Å²) >= 11 is 1.42. The Kier molecular flexibility index (Phi) is 2.96. The lowest BCUT2D eigenvalue weighted by Crippen LogP contribution is -2.12. The minimum Gasteiger partial charge on any atom is -0.298 e. The topological polar surface area (TPSA) is 54.9 Å². The number of pyridine rings is 1. The zero-order valence-corrected chi connectivity index (χ0v) is 9.84. The number of carbonyl (C=O) groups is 1. The van der Waals surface area contributed by atoms with E-state index in [-0.39, 0.29) is 5.91 Å². The summed E-state index contributed by atoms with van der Waals surface area (Å²) in [7, 11) is 0. The van der Waals surface area contributed by atoms with Crippen LogP contribution in [0.1, 0.15) is 21.7 Å². The molecule has 2 aromatic heterocycles. The molecule has 82 valence electrons. The van der Waals surface area contributed by atoms with Gasteiger partial charge in [0.15, 0.2) is 5.13 Å². The Balaban J connectivity index is 2.14. The van der Waals surface area contributed by atoms with Crippen molar-refractivity contribution >= 4 is 22.4 Å². The molecule has 2 rings (SSSR count). The Bertz CT molecular complexity index is 521. The van der Waals surface area contributed by atoms with Crippen LogP contribution in [0.5, 0.6) is 0 Å². The van der Waals surface area contributed by atoms with Crippen molar-refractivity contribution in [1.29, 1.82) is 0 Å². The van der Waals surface area contributed by atoms with E-state index in [4.69, 9.17) is 0 Å². The summed E-state index contributed by atoms with van der Waals surface area (Å²) in [5, 5.41) is 5.27. The molecule has 16 heavy (non-hydrogen) atoms. The zero-order valence-electron chi connectivity index (χ0n) is 9.02. The third kappa shape index (κ3) is 2.43. The van der Waals surface area contributed by atoms with Crippen molar-refractivity contribution in [3.8, 4) is 0 Å². The largest absolute Gasteiger partial charge is 0.298 e. The van der Waals surface area contributed by atoms with Crippen molar-refractivity contribution in [3.05, 3.63) is 40.7 Å². The SMILES string of the molecule is Cc1cc(C(=O)Nc2nc(C)cs2)ccn1. The molecule has 0 saturated carbocycles. The van der Waals surface area contributed by atoms with E-state index in [9.17, 15) is 4.79 Å². The van der Waals surface area contributed by atoms with E-state index in [1.54, 1.807) is 18.3 Å². The lowest BCUT2D eigenvalue weighted by Gasteiger charge is -2.01. The van der Waals surface area contributed by atoms with Crippen LogP contribution in [-0.2, 0) is 0 Å². The second-order valence-corrected chi connectivity index (χ2v) is 4.29. The first kappa shape index (κ1) is 10.8. The molecule has 0 aliphatic heterocycles. The van der Waals surface area contributed by atoms with Gasteiger partial charge in [0, 0.05) is 22.8 Å². The molecule has 1 N–H and O–H groups in total. The van der Waals surface area contributed by atoms with E-state index in [1.807, 2.05) is 19.2 Å². The lowest BCUT2D eigenvalue weighted by molar-refractivity contribution is 0.102. The number of aryl methyl sites for hydroxylation is 2. The number of thiazole rings is 1. The van der Waals surface area contributed by atoms with E-state index in [1.165, 1.54) is 11.3 Å². The molecule has 0 atom stereocenters. The fraction of sp³-hybridized carbons (Fsp3) is 0.182. The molecule has 0 aliphatic rings. The number of hydrogen-bond donors (Lipinski definition) is 1. The highest BCUT2D eigenvalue weighted by Crippen LogP contribution is 2.15. The molecule has 0 unspecified atom stereocenters. The smallest absolute Gasteiger partial charge is 0.257 e. The average molecular weight is 233 g/mol. The maximum atomic E-state index is 11.8. The molecule has 0 aliphatic carbocycles. The van der Waals surface area contributed by atoms with E-state index >= 15 is 0 Å². The van der Waals surface area contributed by atoms with Crippen LogP contribution in [0.3, 0.4) is 0 Å². The Morgan fingerprint density at radius 2 is 2.19 bits per heavy atom. The molecule has 0 saturated heterocycles. The van der Waals surface area contributed by atoms with E-state index in [2.05, 4.69) is 15.3 Å². The molecule has 2 aromatic rings. The van der Waals surface area contributed by atoms with Crippen molar-refractivity contribution in [2.24, 2.45) is 0 Å². The first-order valence-corrected chi connectivity index (χ1v) is 5.69. The van der Waals surface area contributed by atoms with Crippen LogP contribution in [0.25, 0.3) is 0 Å². The van der Waals surface area contributed by atoms with Gasteiger partial charge in [0.1, 0.15) is 0 Å². The van der Waals surface area contributed by atoms with Crippen LogP contribution in [0.15, 0.2) is 23.7 Å². The van der Waals surface area contributed by atoms with Gasteiger partial charge in [-0.1, -0.05) is 0 Å². The summed E-state index contributed by atoms with van der Waals surface area (Å²) in [5.74, 6) is -0.153. The number of aromatic nitrogens is 2. The number of carbonyl (C=O) groups excluding carboxylic acids is 1. The van der Waals surface area contributed by atoms with Crippen molar-refractivity contribution in [1.82, 2.24) is 9.97 Å². The predicted molar refractivity (Wildman–Crippen MR) is 63.8 cm³/mol. The second-order valence-electron chi connectivity index (χ2n) is 3.43. The van der Waals surface area contributed by atoms with Crippen LogP contribution >= 0.6 is 11.3 Å². The maximum Gasteiger partial charge on any atom is 0.257 e. The van der Waals surface area contributed by atoms with Crippen molar-refractivity contribution in [3.63, 3.8) is 0 Å². The zero-order chi connectivity index (χ0) is 11.5. The second kappa shape index (κ2) is 4.40. The van der Waals surface area contributed by atoms with Gasteiger partial charge in [0.2, 0.25) is 0 Å². The van der Waals surface area contributed by atoms with Crippen molar-refractivity contribution < 1.29 is 4.79 Å². The summed E-state index contributed by atoms with van der Waals surface area (Å²) in [4.78, 5) is 20.0. The molecule has 0 radical (unpaired) electrons. The first-order valence-electron chi connectivity index (χ1n) is 4.81. The normalized spacial score (nSPS) is 10.1. The molecular weight excluding hydrogens is 222 g/mol. The third-order valence-electron chi connectivity index (χ3n) is 2.00. The van der Waals surface area contributed by atoms with Gasteiger partial charge in [-0.15, -0.1) is 11.3 Å². The summed E-state index contributed by atoms with van der Waals surface area (Å²) in [6.45, 7) is 3.74. The van der Waals surface area contributed by atoms with Gasteiger partial charge in [-0.3, -0.25) is 15.1 Å². The Hall–Kier alpha value is -1.75. The summed E-state index contributed by atoms with van der Waals surface area (Å²) in [6.07, 6.45) is 1.62. The highest BCUT2D eigenvalue weighted by atomic mass is 32.1. The number of anilines is 1. The first-order chi connectivity index (χ1) is 7.65. The molecule has 5 heteroatoms. The molecular formula is C11H11N3OS. The summed E-state index contributed by atoms with van der Waals surface area (Å²) in [5.41, 5.74) is 2.33. The molecule has 0 fully saturated rings. The Labute approximate surface area is 97.4 Å². The Morgan fingerprint density at radius 1 is 1.38 bits per heavy atom. The number of nitrogens with zero attached hydrogens (tertiary/aromatic N) is 2. The lowest BCUT2D eigenvalue weighted by atomic mass is 10.2. The van der Waals surface area contributed by atoms with Crippen LogP contribution in [0.4, 0.5) is 5.13 Å². The number of nitrogens with one attached hydrogen (secondary N) is 1. The van der Waals surface area contributed by atoms with Crippen LogP contribution in [0, 0.1) is 13.8 Å². The monoisotopic (exact) mass is 233 g/mol. The van der Waals surface area contributed by atoms with Gasteiger partial charge in [-0.05, 0) is 26.0 Å². The van der Waals surface area contributed by atoms with E-state index < -0.39 is 0 Å². The molecule has 0 bridgehead atoms. The van der Waals surface area contributed by atoms with Crippen LogP contribution in [0.2, 0.25) is 0 Å². The minimum atomic E-state index is -0.153. The maximum absolute atomic E-state index is 11.8. The fourth-order valence-corrected chi connectivity index (χ4v) is 1.95. The third-order valence-corrected chi connectivity index (χ3v) is 2.87. The van der Waals surface area contributed by atoms with Gasteiger partial charge in [-0.25, -0.2) is 4.98 Å². The molecule has 2 heterocycles. The number of amides is 1. The summed E-state index contributed by atoms with van der Waals surface area (Å²) < 4.78 is 0. The van der Waals surface area contributed by atoms with Crippen LogP contribution in [-0.4, -0.2) is 15.9 Å². The minimum absolute atomic E-state index is 0.153. The highest BCUT2D eigenvalue weighted by molar-refractivity contribution is 7.13. The van der Waals surface area contributed by atoms with Gasteiger partial charge in [0.05, 0.1) is 5.69 Å². The molecule has 0 spiro atoms. The standard InChI is InChI=1S/C11H11N3OS/c1-7-5-9(3-4-12-7)10(15)14-11-13-8(2)6-16-11/h3-6H,1-2H3,(H,13,14,15). The van der Waals surface area contributed by atoms with E-state index in [0.717, 1.165) is 11.4 Å². The number of hydrogen-bond acceptors (Lipinski definition) is 4. The summed E-state index contributed by atoms with van der Waals surface area (Å²) in [6, 6.07) is 3.43. The number of rotatable bonds is 2. The quantitative estimate of drug-likeness (QED) is 0.866.